The maximum atomic E-state index is 12.7. The van der Waals surface area contributed by atoms with Crippen LogP contribution in [0.3, 0.4) is 0 Å². The number of hydrogen-bond acceptors (Lipinski definition) is 6. The van der Waals surface area contributed by atoms with Gasteiger partial charge in [-0.15, -0.1) is 0 Å². The Morgan fingerprint density at radius 2 is 1.86 bits per heavy atom. The fourth-order valence-electron chi connectivity index (χ4n) is 2.47. The number of anilines is 1. The highest BCUT2D eigenvalue weighted by atomic mass is 32.2. The van der Waals surface area contributed by atoms with Crippen LogP contribution < -0.4 is 10.9 Å². The molecule has 2 aromatic rings. The van der Waals surface area contributed by atoms with Gasteiger partial charge in [-0.3, -0.25) is 4.79 Å². The molecule has 0 aliphatic carbocycles. The molecule has 1 aromatic carbocycles. The van der Waals surface area contributed by atoms with Crippen LogP contribution in [-0.4, -0.2) is 50.9 Å². The summed E-state index contributed by atoms with van der Waals surface area (Å²) in [5.41, 5.74) is -0.229. The van der Waals surface area contributed by atoms with E-state index in [1.165, 1.54) is 31.4 Å². The standard InChI is InChI=1S/C17H20F3N3O4S/c1-27-9-3-8-21-15-14(10-22-23(16(15)24)11-17(18,19)20)12-4-6-13(7-5-12)28(2,25)26/h4-7,10,21H,3,8-9,11H2,1-2H3. The molecule has 0 amide bonds. The van der Waals surface area contributed by atoms with Gasteiger partial charge < -0.3 is 10.1 Å². The maximum absolute atomic E-state index is 12.7. The Kier molecular flexibility index (Phi) is 6.83. The quantitative estimate of drug-likeness (QED) is 0.661. The topological polar surface area (TPSA) is 90.3 Å². The molecular formula is C17H20F3N3O4S. The highest BCUT2D eigenvalue weighted by Crippen LogP contribution is 2.26. The zero-order valence-corrected chi connectivity index (χ0v) is 16.1. The van der Waals surface area contributed by atoms with E-state index in [-0.39, 0.29) is 16.1 Å². The van der Waals surface area contributed by atoms with Crippen LogP contribution in [-0.2, 0) is 21.1 Å². The van der Waals surface area contributed by atoms with Crippen molar-refractivity contribution in [1.82, 2.24) is 9.78 Å². The van der Waals surface area contributed by atoms with E-state index in [1.54, 1.807) is 0 Å². The lowest BCUT2D eigenvalue weighted by atomic mass is 10.1. The van der Waals surface area contributed by atoms with Gasteiger partial charge in [0, 0.05) is 32.1 Å². The first-order valence-electron chi connectivity index (χ1n) is 8.23. The fraction of sp³-hybridized carbons (Fsp3) is 0.412. The van der Waals surface area contributed by atoms with Crippen LogP contribution in [0.25, 0.3) is 11.1 Å². The molecule has 28 heavy (non-hydrogen) atoms. The van der Waals surface area contributed by atoms with E-state index in [1.807, 2.05) is 0 Å². The van der Waals surface area contributed by atoms with Crippen LogP contribution in [0.1, 0.15) is 6.42 Å². The predicted molar refractivity (Wildman–Crippen MR) is 98.1 cm³/mol. The predicted octanol–water partition coefficient (Wildman–Crippen LogP) is 2.32. The van der Waals surface area contributed by atoms with Gasteiger partial charge in [-0.25, -0.2) is 13.1 Å². The average molecular weight is 419 g/mol. The van der Waals surface area contributed by atoms with Gasteiger partial charge in [0.2, 0.25) is 0 Å². The van der Waals surface area contributed by atoms with Crippen molar-refractivity contribution in [2.45, 2.75) is 24.0 Å². The van der Waals surface area contributed by atoms with Crippen molar-refractivity contribution in [3.63, 3.8) is 0 Å². The number of nitrogens with zero attached hydrogens (tertiary/aromatic N) is 2. The van der Waals surface area contributed by atoms with Crippen molar-refractivity contribution in [1.29, 1.82) is 0 Å². The van der Waals surface area contributed by atoms with Gasteiger partial charge in [-0.05, 0) is 24.1 Å². The Balaban J connectivity index is 2.47. The van der Waals surface area contributed by atoms with Crippen molar-refractivity contribution in [2.75, 3.05) is 31.8 Å². The Labute approximate surface area is 160 Å². The second kappa shape index (κ2) is 8.74. The molecule has 1 heterocycles. The first-order valence-corrected chi connectivity index (χ1v) is 10.1. The number of sulfone groups is 1. The van der Waals surface area contributed by atoms with Gasteiger partial charge in [0.25, 0.3) is 5.56 Å². The molecular weight excluding hydrogens is 399 g/mol. The van der Waals surface area contributed by atoms with Gasteiger partial charge in [-0.1, -0.05) is 12.1 Å². The molecule has 0 spiro atoms. The number of nitrogens with one attached hydrogen (secondary N) is 1. The van der Waals surface area contributed by atoms with Gasteiger partial charge in [0.05, 0.1) is 11.1 Å². The van der Waals surface area contributed by atoms with Gasteiger partial charge >= 0.3 is 6.18 Å². The number of alkyl halides is 3. The molecule has 0 atom stereocenters. The number of hydrogen-bond donors (Lipinski definition) is 1. The van der Waals surface area contributed by atoms with Crippen LogP contribution in [0.15, 0.2) is 40.2 Å². The lowest BCUT2D eigenvalue weighted by Crippen LogP contribution is -2.32. The van der Waals surface area contributed by atoms with Gasteiger partial charge in [-0.2, -0.15) is 18.3 Å². The molecule has 0 saturated carbocycles. The number of ether oxygens (including phenoxy) is 1. The third-order valence-corrected chi connectivity index (χ3v) is 4.92. The Hall–Kier alpha value is -2.40. The first-order chi connectivity index (χ1) is 13.0. The lowest BCUT2D eigenvalue weighted by Gasteiger charge is -2.15. The molecule has 1 N–H and O–H groups in total. The molecule has 0 bridgehead atoms. The van der Waals surface area contributed by atoms with Crippen molar-refractivity contribution in [3.05, 3.63) is 40.8 Å². The van der Waals surface area contributed by atoms with E-state index in [0.717, 1.165) is 12.5 Å². The number of halogens is 3. The average Bonchev–Trinajstić information content (AvgIpc) is 2.60. The van der Waals surface area contributed by atoms with Crippen LogP contribution in [0, 0.1) is 0 Å². The van der Waals surface area contributed by atoms with E-state index in [0.29, 0.717) is 29.8 Å². The molecule has 7 nitrogen and oxygen atoms in total. The summed E-state index contributed by atoms with van der Waals surface area (Å²) in [7, 11) is -1.89. The Morgan fingerprint density at radius 3 is 2.39 bits per heavy atom. The van der Waals surface area contributed by atoms with Gasteiger partial charge in [0.15, 0.2) is 9.84 Å². The number of methoxy groups -OCH3 is 1. The van der Waals surface area contributed by atoms with Crippen molar-refractivity contribution >= 4 is 15.5 Å². The molecule has 11 heteroatoms. The van der Waals surface area contributed by atoms with E-state index in [4.69, 9.17) is 4.74 Å². The summed E-state index contributed by atoms with van der Waals surface area (Å²) in [5.74, 6) is 0. The van der Waals surface area contributed by atoms with Crippen molar-refractivity contribution in [2.24, 2.45) is 0 Å². The molecule has 0 aliphatic rings. The van der Waals surface area contributed by atoms with Gasteiger partial charge in [0.1, 0.15) is 12.2 Å². The summed E-state index contributed by atoms with van der Waals surface area (Å²) >= 11 is 0. The Morgan fingerprint density at radius 1 is 1.21 bits per heavy atom. The normalized spacial score (nSPS) is 12.2. The summed E-state index contributed by atoms with van der Waals surface area (Å²) < 4.78 is 66.5. The van der Waals surface area contributed by atoms with Crippen molar-refractivity contribution in [3.8, 4) is 11.1 Å². The van der Waals surface area contributed by atoms with E-state index >= 15 is 0 Å². The summed E-state index contributed by atoms with van der Waals surface area (Å²) in [6.45, 7) is -0.799. The summed E-state index contributed by atoms with van der Waals surface area (Å²) in [6, 6.07) is 5.67. The minimum Gasteiger partial charge on any atom is -0.385 e. The summed E-state index contributed by atoms with van der Waals surface area (Å²) in [6.07, 6.45) is -1.85. The molecule has 0 saturated heterocycles. The third-order valence-electron chi connectivity index (χ3n) is 3.79. The van der Waals surface area contributed by atoms with Crippen LogP contribution >= 0.6 is 0 Å². The summed E-state index contributed by atoms with van der Waals surface area (Å²) in [5, 5.41) is 6.46. The van der Waals surface area contributed by atoms with Crippen LogP contribution in [0.4, 0.5) is 18.9 Å². The molecule has 2 rings (SSSR count). The molecule has 1 aromatic heterocycles. The van der Waals surface area contributed by atoms with Crippen LogP contribution in [0.5, 0.6) is 0 Å². The molecule has 154 valence electrons. The zero-order chi connectivity index (χ0) is 20.9. The second-order valence-electron chi connectivity index (χ2n) is 6.08. The maximum Gasteiger partial charge on any atom is 0.408 e. The van der Waals surface area contributed by atoms with Crippen LogP contribution in [0.2, 0.25) is 0 Å². The second-order valence-corrected chi connectivity index (χ2v) is 8.10. The highest BCUT2D eigenvalue weighted by molar-refractivity contribution is 7.90. The smallest absolute Gasteiger partial charge is 0.385 e. The number of rotatable bonds is 8. The fourth-order valence-corrected chi connectivity index (χ4v) is 3.10. The lowest BCUT2D eigenvalue weighted by molar-refractivity contribution is -0.143. The monoisotopic (exact) mass is 419 g/mol. The molecule has 0 aliphatic heterocycles. The zero-order valence-electron chi connectivity index (χ0n) is 15.3. The van der Waals surface area contributed by atoms with E-state index in [9.17, 15) is 26.4 Å². The SMILES string of the molecule is COCCCNc1c(-c2ccc(S(C)(=O)=O)cc2)cnn(CC(F)(F)F)c1=O. The molecule has 0 fully saturated rings. The number of aromatic nitrogens is 2. The first kappa shape index (κ1) is 21.9. The number of benzene rings is 1. The minimum absolute atomic E-state index is 0.0394. The minimum atomic E-state index is -4.59. The summed E-state index contributed by atoms with van der Waals surface area (Å²) in [4.78, 5) is 12.6. The van der Waals surface area contributed by atoms with Crippen molar-refractivity contribution < 1.29 is 26.3 Å². The molecule has 0 radical (unpaired) electrons. The Bertz CT molecular complexity index is 971. The van der Waals surface area contributed by atoms with E-state index < -0.39 is 28.1 Å². The van der Waals surface area contributed by atoms with E-state index in [2.05, 4.69) is 10.4 Å². The third kappa shape index (κ3) is 5.80. The molecule has 0 unspecified atom stereocenters. The largest absolute Gasteiger partial charge is 0.408 e. The highest BCUT2D eigenvalue weighted by Gasteiger charge is 2.30.